The summed E-state index contributed by atoms with van der Waals surface area (Å²) >= 11 is 3.35. The van der Waals surface area contributed by atoms with Gasteiger partial charge in [0.2, 0.25) is 0 Å². The maximum Gasteiger partial charge on any atom is 0.106 e. The fourth-order valence-corrected chi connectivity index (χ4v) is 2.55. The molecular weight excluding hydrogens is 278 g/mol. The van der Waals surface area contributed by atoms with Crippen LogP contribution in [0.5, 0.6) is 0 Å². The molecule has 1 aliphatic heterocycles. The molecule has 0 aliphatic carbocycles. The number of piperidine rings is 1. The van der Waals surface area contributed by atoms with Crippen molar-refractivity contribution in [3.05, 3.63) is 22.9 Å². The molecule has 0 unspecified atom stereocenters. The highest BCUT2D eigenvalue weighted by Gasteiger charge is 2.18. The molecule has 1 saturated heterocycles. The minimum atomic E-state index is 0.603. The quantitative estimate of drug-likeness (QED) is 0.866. The Hall–Kier alpha value is -0.610. The highest BCUT2D eigenvalue weighted by Crippen LogP contribution is 2.17. The maximum atomic E-state index is 4.23. The molecule has 17 heavy (non-hydrogen) atoms. The molecule has 2 rings (SSSR count). The van der Waals surface area contributed by atoms with Crippen LogP contribution in [0.4, 0.5) is 5.69 Å². The Bertz CT molecular complexity index is 331. The predicted molar refractivity (Wildman–Crippen MR) is 75.3 cm³/mol. The number of hydrogen-bond acceptors (Lipinski definition) is 3. The Morgan fingerprint density at radius 2 is 2.18 bits per heavy atom. The van der Waals surface area contributed by atoms with Crippen LogP contribution in [0, 0.1) is 0 Å². The highest BCUT2D eigenvalue weighted by molar-refractivity contribution is 9.10. The zero-order valence-electron chi connectivity index (χ0n) is 10.3. The maximum absolute atomic E-state index is 4.23. The van der Waals surface area contributed by atoms with Gasteiger partial charge in [0.1, 0.15) is 4.60 Å². The summed E-state index contributed by atoms with van der Waals surface area (Å²) in [7, 11) is 0. The number of nitrogens with zero attached hydrogens (tertiary/aromatic N) is 2. The van der Waals surface area contributed by atoms with Gasteiger partial charge in [-0.3, -0.25) is 0 Å². The molecule has 2 heterocycles. The summed E-state index contributed by atoms with van der Waals surface area (Å²) in [6.45, 7) is 5.93. The zero-order chi connectivity index (χ0) is 12.1. The number of anilines is 1. The van der Waals surface area contributed by atoms with E-state index in [0.29, 0.717) is 6.04 Å². The standard InChI is InChI=1S/C13H20BrN3/c1-2-7-17-8-5-11(6-9-17)16-12-3-4-13(14)15-10-12/h3-4,10-11,16H,2,5-9H2,1H3. The van der Waals surface area contributed by atoms with Gasteiger partial charge in [-0.1, -0.05) is 6.92 Å². The third kappa shape index (κ3) is 3.96. The summed E-state index contributed by atoms with van der Waals surface area (Å²) in [4.78, 5) is 6.79. The lowest BCUT2D eigenvalue weighted by molar-refractivity contribution is 0.219. The Labute approximate surface area is 112 Å². The van der Waals surface area contributed by atoms with Crippen molar-refractivity contribution in [2.24, 2.45) is 0 Å². The number of pyridine rings is 1. The minimum absolute atomic E-state index is 0.603. The van der Waals surface area contributed by atoms with E-state index < -0.39 is 0 Å². The molecule has 4 heteroatoms. The second-order valence-electron chi connectivity index (χ2n) is 4.63. The third-order valence-electron chi connectivity index (χ3n) is 3.23. The van der Waals surface area contributed by atoms with Crippen LogP contribution in [0.2, 0.25) is 0 Å². The predicted octanol–water partition coefficient (Wildman–Crippen LogP) is 3.13. The van der Waals surface area contributed by atoms with Crippen molar-refractivity contribution in [3.8, 4) is 0 Å². The van der Waals surface area contributed by atoms with Crippen molar-refractivity contribution in [1.82, 2.24) is 9.88 Å². The van der Waals surface area contributed by atoms with E-state index in [0.717, 1.165) is 10.3 Å². The molecule has 3 nitrogen and oxygen atoms in total. The summed E-state index contributed by atoms with van der Waals surface area (Å²) < 4.78 is 0.890. The van der Waals surface area contributed by atoms with Crippen LogP contribution in [0.25, 0.3) is 0 Å². The van der Waals surface area contributed by atoms with E-state index in [1.807, 2.05) is 12.3 Å². The second kappa shape index (κ2) is 6.36. The third-order valence-corrected chi connectivity index (χ3v) is 3.69. The lowest BCUT2D eigenvalue weighted by Crippen LogP contribution is -2.39. The van der Waals surface area contributed by atoms with Gasteiger partial charge in [-0.05, 0) is 53.9 Å². The smallest absolute Gasteiger partial charge is 0.106 e. The van der Waals surface area contributed by atoms with Gasteiger partial charge in [0.15, 0.2) is 0 Å². The summed E-state index contributed by atoms with van der Waals surface area (Å²) in [5, 5.41) is 3.56. The van der Waals surface area contributed by atoms with Crippen molar-refractivity contribution >= 4 is 21.6 Å². The van der Waals surface area contributed by atoms with Gasteiger partial charge in [-0.15, -0.1) is 0 Å². The Morgan fingerprint density at radius 3 is 2.76 bits per heavy atom. The fraction of sp³-hybridized carbons (Fsp3) is 0.615. The molecule has 0 radical (unpaired) electrons. The molecule has 0 bridgehead atoms. The van der Waals surface area contributed by atoms with Gasteiger partial charge in [0.25, 0.3) is 0 Å². The van der Waals surface area contributed by atoms with Gasteiger partial charge in [-0.2, -0.15) is 0 Å². The Balaban J connectivity index is 1.79. The topological polar surface area (TPSA) is 28.2 Å². The summed E-state index contributed by atoms with van der Waals surface area (Å²) in [6.07, 6.45) is 5.61. The molecule has 1 fully saturated rings. The minimum Gasteiger partial charge on any atom is -0.381 e. The Kier molecular flexibility index (Phi) is 4.80. The molecule has 1 N–H and O–H groups in total. The fourth-order valence-electron chi connectivity index (χ4n) is 2.31. The molecule has 1 aromatic heterocycles. The van der Waals surface area contributed by atoms with Crippen LogP contribution in [-0.4, -0.2) is 35.6 Å². The van der Waals surface area contributed by atoms with Crippen molar-refractivity contribution < 1.29 is 0 Å². The van der Waals surface area contributed by atoms with E-state index in [2.05, 4.69) is 44.1 Å². The number of nitrogens with one attached hydrogen (secondary N) is 1. The molecule has 0 saturated carbocycles. The molecule has 1 aliphatic rings. The van der Waals surface area contributed by atoms with Crippen LogP contribution < -0.4 is 5.32 Å². The first kappa shape index (κ1) is 12.8. The molecule has 1 aromatic rings. The number of rotatable bonds is 4. The van der Waals surface area contributed by atoms with Crippen molar-refractivity contribution in [3.63, 3.8) is 0 Å². The van der Waals surface area contributed by atoms with Gasteiger partial charge >= 0.3 is 0 Å². The zero-order valence-corrected chi connectivity index (χ0v) is 11.9. The monoisotopic (exact) mass is 297 g/mol. The van der Waals surface area contributed by atoms with E-state index in [4.69, 9.17) is 0 Å². The number of halogens is 1. The van der Waals surface area contributed by atoms with Crippen molar-refractivity contribution in [2.45, 2.75) is 32.2 Å². The van der Waals surface area contributed by atoms with E-state index >= 15 is 0 Å². The number of hydrogen-bond donors (Lipinski definition) is 1. The molecular formula is C13H20BrN3. The van der Waals surface area contributed by atoms with Crippen molar-refractivity contribution in [1.29, 1.82) is 0 Å². The van der Waals surface area contributed by atoms with E-state index in [9.17, 15) is 0 Å². The number of likely N-dealkylation sites (tertiary alicyclic amines) is 1. The molecule has 0 atom stereocenters. The molecule has 0 aromatic carbocycles. The molecule has 94 valence electrons. The SMILES string of the molecule is CCCN1CCC(Nc2ccc(Br)nc2)CC1. The van der Waals surface area contributed by atoms with Gasteiger partial charge < -0.3 is 10.2 Å². The Morgan fingerprint density at radius 1 is 1.41 bits per heavy atom. The van der Waals surface area contributed by atoms with Gasteiger partial charge in [0.05, 0.1) is 11.9 Å². The average Bonchev–Trinajstić information content (AvgIpc) is 2.35. The summed E-state index contributed by atoms with van der Waals surface area (Å²) in [5.41, 5.74) is 1.13. The largest absolute Gasteiger partial charge is 0.381 e. The lowest BCUT2D eigenvalue weighted by atomic mass is 10.0. The first-order chi connectivity index (χ1) is 8.28. The van der Waals surface area contributed by atoms with E-state index in [1.54, 1.807) is 0 Å². The highest BCUT2D eigenvalue weighted by atomic mass is 79.9. The first-order valence-corrected chi connectivity index (χ1v) is 7.17. The van der Waals surface area contributed by atoms with Crippen molar-refractivity contribution in [2.75, 3.05) is 25.0 Å². The normalized spacial score (nSPS) is 18.2. The summed E-state index contributed by atoms with van der Waals surface area (Å²) in [5.74, 6) is 0. The average molecular weight is 298 g/mol. The van der Waals surface area contributed by atoms with Crippen LogP contribution in [0.15, 0.2) is 22.9 Å². The van der Waals surface area contributed by atoms with E-state index in [-0.39, 0.29) is 0 Å². The lowest BCUT2D eigenvalue weighted by Gasteiger charge is -2.32. The van der Waals surface area contributed by atoms with Crippen LogP contribution in [0.1, 0.15) is 26.2 Å². The molecule has 0 amide bonds. The summed E-state index contributed by atoms with van der Waals surface area (Å²) in [6, 6.07) is 4.66. The van der Waals surface area contributed by atoms with Crippen LogP contribution in [0.3, 0.4) is 0 Å². The number of aromatic nitrogens is 1. The first-order valence-electron chi connectivity index (χ1n) is 6.38. The van der Waals surface area contributed by atoms with Gasteiger partial charge in [0, 0.05) is 19.1 Å². The second-order valence-corrected chi connectivity index (χ2v) is 5.44. The van der Waals surface area contributed by atoms with E-state index in [1.165, 1.54) is 38.9 Å². The van der Waals surface area contributed by atoms with Gasteiger partial charge in [-0.25, -0.2) is 4.98 Å². The van der Waals surface area contributed by atoms with Crippen LogP contribution >= 0.6 is 15.9 Å². The van der Waals surface area contributed by atoms with Crippen LogP contribution in [-0.2, 0) is 0 Å². The molecule has 0 spiro atoms.